The van der Waals surface area contributed by atoms with E-state index < -0.39 is 17.9 Å². The van der Waals surface area contributed by atoms with Crippen molar-refractivity contribution in [2.24, 2.45) is 5.73 Å². The molecule has 3 amide bonds. The van der Waals surface area contributed by atoms with E-state index >= 15 is 0 Å². The number of thiophene rings is 1. The molecule has 2 fully saturated rings. The molecule has 33 heavy (non-hydrogen) atoms. The number of primary amides is 1. The van der Waals surface area contributed by atoms with Gasteiger partial charge in [0.25, 0.3) is 5.91 Å². The molecule has 0 spiro atoms. The minimum absolute atomic E-state index is 0.226. The summed E-state index contributed by atoms with van der Waals surface area (Å²) in [5.41, 5.74) is 5.40. The molecule has 10 heteroatoms. The maximum atomic E-state index is 13.2. The highest BCUT2D eigenvalue weighted by molar-refractivity contribution is 7.20. The largest absolute Gasteiger partial charge is 0.370 e. The molecule has 4 rings (SSSR count). The van der Waals surface area contributed by atoms with Crippen LogP contribution in [0.4, 0.5) is 0 Å². The fourth-order valence-electron chi connectivity index (χ4n) is 4.64. The fraction of sp³-hybridized carbons (Fsp3) is 0.522. The van der Waals surface area contributed by atoms with Crippen molar-refractivity contribution < 1.29 is 14.4 Å². The first kappa shape index (κ1) is 23.9. The van der Waals surface area contributed by atoms with E-state index in [1.54, 1.807) is 23.1 Å². The molecule has 178 valence electrons. The smallest absolute Gasteiger partial charge is 0.262 e. The first-order chi connectivity index (χ1) is 15.8. The van der Waals surface area contributed by atoms with Gasteiger partial charge in [0.05, 0.1) is 11.3 Å². The molecule has 2 aliphatic rings. The molecule has 2 aliphatic heterocycles. The second-order valence-electron chi connectivity index (χ2n) is 8.88. The monoisotopic (exact) mass is 491 g/mol. The number of hydrogen-bond donors (Lipinski definition) is 2. The molecule has 0 saturated carbocycles. The standard InChI is InChI=1S/C23H30ClN5O3S/c1-27-6-4-17(5-7-27)28-8-10-29(11-9-28)23(32)18(14-21(25)30)26-22(31)20-12-15-2-3-16(24)13-19(15)33-20/h2-3,12-13,17-18H,4-11,14H2,1H3,(H2,25,30)(H,26,31)/t18-/m1/s1. The Balaban J connectivity index is 1.38. The second-order valence-corrected chi connectivity index (χ2v) is 10.4. The average molecular weight is 492 g/mol. The van der Waals surface area contributed by atoms with Crippen LogP contribution < -0.4 is 11.1 Å². The van der Waals surface area contributed by atoms with E-state index in [4.69, 9.17) is 17.3 Å². The molecule has 1 atom stereocenters. The van der Waals surface area contributed by atoms with E-state index in [2.05, 4.69) is 22.2 Å². The Morgan fingerprint density at radius 1 is 1.12 bits per heavy atom. The average Bonchev–Trinajstić information content (AvgIpc) is 3.22. The Morgan fingerprint density at radius 3 is 2.48 bits per heavy atom. The minimum Gasteiger partial charge on any atom is -0.370 e. The van der Waals surface area contributed by atoms with Gasteiger partial charge >= 0.3 is 0 Å². The predicted molar refractivity (Wildman–Crippen MR) is 131 cm³/mol. The number of carbonyl (C=O) groups is 3. The van der Waals surface area contributed by atoms with Crippen LogP contribution in [0.15, 0.2) is 24.3 Å². The van der Waals surface area contributed by atoms with Crippen LogP contribution in [0.3, 0.4) is 0 Å². The van der Waals surface area contributed by atoms with Gasteiger partial charge in [0.2, 0.25) is 11.8 Å². The summed E-state index contributed by atoms with van der Waals surface area (Å²) in [6, 6.07) is 6.76. The minimum atomic E-state index is -0.973. The highest BCUT2D eigenvalue weighted by Crippen LogP contribution is 2.28. The highest BCUT2D eigenvalue weighted by Gasteiger charge is 2.32. The fourth-order valence-corrected chi connectivity index (χ4v) is 5.88. The molecule has 2 aromatic rings. The van der Waals surface area contributed by atoms with Crippen molar-refractivity contribution in [2.75, 3.05) is 46.3 Å². The van der Waals surface area contributed by atoms with Gasteiger partial charge in [-0.3, -0.25) is 19.3 Å². The van der Waals surface area contributed by atoms with Crippen LogP contribution >= 0.6 is 22.9 Å². The lowest BCUT2D eigenvalue weighted by molar-refractivity contribution is -0.137. The summed E-state index contributed by atoms with van der Waals surface area (Å²) >= 11 is 7.34. The van der Waals surface area contributed by atoms with Crippen LogP contribution in [0.2, 0.25) is 5.02 Å². The maximum absolute atomic E-state index is 13.2. The number of nitrogens with one attached hydrogen (secondary N) is 1. The molecule has 0 bridgehead atoms. The number of nitrogens with two attached hydrogens (primary N) is 1. The molecule has 8 nitrogen and oxygen atoms in total. The molecule has 0 unspecified atom stereocenters. The third-order valence-corrected chi connectivity index (χ3v) is 7.88. The number of nitrogens with zero attached hydrogens (tertiary/aromatic N) is 3. The van der Waals surface area contributed by atoms with Gasteiger partial charge < -0.3 is 20.9 Å². The molecule has 3 N–H and O–H groups in total. The number of benzene rings is 1. The number of piperazine rings is 1. The van der Waals surface area contributed by atoms with Gasteiger partial charge in [0, 0.05) is 41.9 Å². The van der Waals surface area contributed by atoms with Crippen LogP contribution in [0.1, 0.15) is 28.9 Å². The van der Waals surface area contributed by atoms with Gasteiger partial charge in [-0.25, -0.2) is 0 Å². The SMILES string of the molecule is CN1CCC(N2CCN(C(=O)[C@@H](CC(N)=O)NC(=O)c3cc4ccc(Cl)cc4s3)CC2)CC1. The summed E-state index contributed by atoms with van der Waals surface area (Å²) in [6.45, 7) is 4.96. The van der Waals surface area contributed by atoms with Crippen LogP contribution in [-0.2, 0) is 9.59 Å². The van der Waals surface area contributed by atoms with Gasteiger partial charge in [-0.2, -0.15) is 0 Å². The quantitative estimate of drug-likeness (QED) is 0.641. The van der Waals surface area contributed by atoms with Gasteiger partial charge in [0.1, 0.15) is 6.04 Å². The Kier molecular flexibility index (Phi) is 7.53. The van der Waals surface area contributed by atoms with Crippen LogP contribution in [-0.4, -0.2) is 90.8 Å². The lowest BCUT2D eigenvalue weighted by atomic mass is 10.0. The number of likely N-dealkylation sites (tertiary alicyclic amines) is 1. The van der Waals surface area contributed by atoms with E-state index in [1.807, 2.05) is 6.07 Å². The van der Waals surface area contributed by atoms with E-state index in [1.165, 1.54) is 11.3 Å². The summed E-state index contributed by atoms with van der Waals surface area (Å²) in [4.78, 5) is 44.8. The summed E-state index contributed by atoms with van der Waals surface area (Å²) in [7, 11) is 2.15. The van der Waals surface area contributed by atoms with E-state index in [9.17, 15) is 14.4 Å². The van der Waals surface area contributed by atoms with E-state index in [0.29, 0.717) is 29.0 Å². The number of carbonyl (C=O) groups excluding carboxylic acids is 3. The first-order valence-electron chi connectivity index (χ1n) is 11.3. The zero-order valence-electron chi connectivity index (χ0n) is 18.8. The van der Waals surface area contributed by atoms with Crippen molar-refractivity contribution in [3.05, 3.63) is 34.2 Å². The predicted octanol–water partition coefficient (Wildman–Crippen LogP) is 1.77. The van der Waals surface area contributed by atoms with Crippen molar-refractivity contribution in [1.82, 2.24) is 20.0 Å². The molecule has 3 heterocycles. The summed E-state index contributed by atoms with van der Waals surface area (Å²) in [5.74, 6) is -1.27. The van der Waals surface area contributed by atoms with Crippen LogP contribution in [0.25, 0.3) is 10.1 Å². The number of fused-ring (bicyclic) bond motifs is 1. The molecule has 1 aromatic carbocycles. The third-order valence-electron chi connectivity index (χ3n) is 6.55. The summed E-state index contributed by atoms with van der Waals surface area (Å²) in [6.07, 6.45) is 2.06. The number of halogens is 1. The number of amides is 3. The molecular weight excluding hydrogens is 462 g/mol. The number of rotatable bonds is 6. The molecule has 1 aromatic heterocycles. The van der Waals surface area contributed by atoms with Crippen molar-refractivity contribution in [2.45, 2.75) is 31.3 Å². The molecule has 0 aliphatic carbocycles. The van der Waals surface area contributed by atoms with Gasteiger partial charge in [-0.15, -0.1) is 11.3 Å². The highest BCUT2D eigenvalue weighted by atomic mass is 35.5. The van der Waals surface area contributed by atoms with E-state index in [-0.39, 0.29) is 12.3 Å². The molecule has 2 saturated heterocycles. The maximum Gasteiger partial charge on any atom is 0.262 e. The molecule has 0 radical (unpaired) electrons. The van der Waals surface area contributed by atoms with Crippen molar-refractivity contribution in [1.29, 1.82) is 0 Å². The van der Waals surface area contributed by atoms with Crippen molar-refractivity contribution in [3.63, 3.8) is 0 Å². The topological polar surface area (TPSA) is 99.0 Å². The lowest BCUT2D eigenvalue weighted by Gasteiger charge is -2.42. The van der Waals surface area contributed by atoms with Crippen molar-refractivity contribution >= 4 is 50.7 Å². The zero-order chi connectivity index (χ0) is 23.5. The Bertz CT molecular complexity index is 1030. The van der Waals surface area contributed by atoms with Crippen molar-refractivity contribution in [3.8, 4) is 0 Å². The third kappa shape index (κ3) is 5.84. The Hall–Kier alpha value is -2.20. The summed E-state index contributed by atoms with van der Waals surface area (Å²) in [5, 5.41) is 4.24. The second kappa shape index (κ2) is 10.4. The van der Waals surface area contributed by atoms with Gasteiger partial charge in [-0.1, -0.05) is 17.7 Å². The van der Waals surface area contributed by atoms with Gasteiger partial charge in [-0.05, 0) is 56.6 Å². The number of piperidine rings is 1. The Morgan fingerprint density at radius 2 is 1.82 bits per heavy atom. The molecular formula is C23H30ClN5O3S. The normalized spacial score (nSPS) is 19.5. The lowest BCUT2D eigenvalue weighted by Crippen LogP contribution is -2.58. The van der Waals surface area contributed by atoms with E-state index in [0.717, 1.165) is 49.1 Å². The van der Waals surface area contributed by atoms with Gasteiger partial charge in [0.15, 0.2) is 0 Å². The van der Waals surface area contributed by atoms with Crippen LogP contribution in [0.5, 0.6) is 0 Å². The first-order valence-corrected chi connectivity index (χ1v) is 12.5. The zero-order valence-corrected chi connectivity index (χ0v) is 20.3. The number of hydrogen-bond acceptors (Lipinski definition) is 6. The van der Waals surface area contributed by atoms with Crippen LogP contribution in [0, 0.1) is 0 Å². The Labute approximate surface area is 202 Å². The summed E-state index contributed by atoms with van der Waals surface area (Å²) < 4.78 is 0.885.